The first-order valence-electron chi connectivity index (χ1n) is 9.93. The fourth-order valence-electron chi connectivity index (χ4n) is 2.77. The van der Waals surface area contributed by atoms with Crippen LogP contribution in [0.2, 0.25) is 0 Å². The van der Waals surface area contributed by atoms with Crippen molar-refractivity contribution < 1.29 is 14.3 Å². The summed E-state index contributed by atoms with van der Waals surface area (Å²) in [5, 5.41) is 0. The molecule has 1 atom stereocenters. The predicted molar refractivity (Wildman–Crippen MR) is 103 cm³/mol. The van der Waals surface area contributed by atoms with Crippen LogP contribution in [0.3, 0.4) is 0 Å². The number of rotatable bonds is 18. The van der Waals surface area contributed by atoms with E-state index in [0.717, 1.165) is 38.6 Å². The molecule has 0 aliphatic heterocycles. The van der Waals surface area contributed by atoms with Gasteiger partial charge in [0.25, 0.3) is 0 Å². The van der Waals surface area contributed by atoms with E-state index in [2.05, 4.69) is 6.58 Å². The van der Waals surface area contributed by atoms with Gasteiger partial charge in [-0.25, -0.2) is 4.79 Å². The van der Waals surface area contributed by atoms with E-state index in [4.69, 9.17) is 10.5 Å². The lowest BCUT2D eigenvalue weighted by Gasteiger charge is -2.23. The fourth-order valence-corrected chi connectivity index (χ4v) is 2.77. The number of carbonyl (C=O) groups is 2. The first kappa shape index (κ1) is 23.6. The van der Waals surface area contributed by atoms with Crippen LogP contribution in [-0.2, 0) is 14.3 Å². The summed E-state index contributed by atoms with van der Waals surface area (Å²) in [5.41, 5.74) is 5.48. The van der Waals surface area contributed by atoms with Gasteiger partial charge in [-0.1, -0.05) is 71.3 Å². The third kappa shape index (κ3) is 12.6. The second-order valence-electron chi connectivity index (χ2n) is 6.53. The number of nitrogens with two attached hydrogens (primary N) is 1. The smallest absolute Gasteiger partial charge is 0.329 e. The van der Waals surface area contributed by atoms with Gasteiger partial charge in [-0.15, -0.1) is 0 Å². The number of esters is 1. The Morgan fingerprint density at radius 1 is 1.04 bits per heavy atom. The molecule has 0 saturated carbocycles. The van der Waals surface area contributed by atoms with Crippen molar-refractivity contribution >= 4 is 12.4 Å². The molecule has 0 heterocycles. The van der Waals surface area contributed by atoms with E-state index in [0.29, 0.717) is 19.4 Å². The van der Waals surface area contributed by atoms with Crippen LogP contribution in [0.4, 0.5) is 0 Å². The van der Waals surface area contributed by atoms with Crippen molar-refractivity contribution in [2.24, 2.45) is 5.73 Å². The van der Waals surface area contributed by atoms with Gasteiger partial charge < -0.3 is 15.4 Å². The molecule has 1 unspecified atom stereocenters. The van der Waals surface area contributed by atoms with Gasteiger partial charge in [0.1, 0.15) is 6.04 Å². The SMILES string of the molecule is C=CN(C=O)C(CCCCCCCCCCCN)C(=O)OCCCC. The summed E-state index contributed by atoms with van der Waals surface area (Å²) in [4.78, 5) is 24.6. The Kier molecular flexibility index (Phi) is 16.5. The lowest BCUT2D eigenvalue weighted by atomic mass is 10.0. The molecule has 0 aliphatic carbocycles. The summed E-state index contributed by atoms with van der Waals surface area (Å²) in [6, 6.07) is -0.539. The summed E-state index contributed by atoms with van der Waals surface area (Å²) < 4.78 is 5.28. The largest absolute Gasteiger partial charge is 0.464 e. The maximum atomic E-state index is 12.2. The van der Waals surface area contributed by atoms with Gasteiger partial charge >= 0.3 is 5.97 Å². The van der Waals surface area contributed by atoms with Crippen molar-refractivity contribution in [3.63, 3.8) is 0 Å². The summed E-state index contributed by atoms with van der Waals surface area (Å²) >= 11 is 0. The predicted octanol–water partition coefficient (Wildman–Crippen LogP) is 4.16. The third-order valence-electron chi connectivity index (χ3n) is 4.39. The number of ether oxygens (including phenoxy) is 1. The van der Waals surface area contributed by atoms with Crippen molar-refractivity contribution in [3.05, 3.63) is 12.8 Å². The Hall–Kier alpha value is -1.36. The quantitative estimate of drug-likeness (QED) is 0.228. The van der Waals surface area contributed by atoms with Crippen LogP contribution in [0.5, 0.6) is 0 Å². The van der Waals surface area contributed by atoms with Gasteiger partial charge in [-0.2, -0.15) is 0 Å². The molecule has 5 nitrogen and oxygen atoms in total. The molecule has 2 N–H and O–H groups in total. The van der Waals surface area contributed by atoms with Crippen LogP contribution in [0, 0.1) is 0 Å². The van der Waals surface area contributed by atoms with E-state index in [1.165, 1.54) is 49.6 Å². The number of hydrogen-bond acceptors (Lipinski definition) is 4. The Bertz CT molecular complexity index is 340. The Balaban J connectivity index is 3.96. The van der Waals surface area contributed by atoms with E-state index in [1.807, 2.05) is 6.92 Å². The van der Waals surface area contributed by atoms with Gasteiger partial charge in [0.2, 0.25) is 6.41 Å². The molecule has 0 aromatic carbocycles. The molecule has 0 saturated heterocycles. The number of amides is 1. The summed E-state index contributed by atoms with van der Waals surface area (Å²) in [6.45, 7) is 6.87. The molecule has 0 rings (SSSR count). The first-order valence-corrected chi connectivity index (χ1v) is 9.93. The summed E-state index contributed by atoms with van der Waals surface area (Å²) in [7, 11) is 0. The second-order valence-corrected chi connectivity index (χ2v) is 6.53. The van der Waals surface area contributed by atoms with Crippen LogP contribution in [0.15, 0.2) is 12.8 Å². The van der Waals surface area contributed by atoms with E-state index >= 15 is 0 Å². The highest BCUT2D eigenvalue weighted by Gasteiger charge is 2.24. The minimum Gasteiger partial charge on any atom is -0.464 e. The fraction of sp³-hybridized carbons (Fsp3) is 0.800. The Labute approximate surface area is 154 Å². The monoisotopic (exact) mass is 354 g/mol. The molecule has 0 aromatic rings. The normalized spacial score (nSPS) is 11.8. The van der Waals surface area contributed by atoms with Crippen molar-refractivity contribution in [2.45, 2.75) is 90.0 Å². The zero-order chi connectivity index (χ0) is 18.8. The van der Waals surface area contributed by atoms with Gasteiger partial charge in [0.05, 0.1) is 6.61 Å². The molecular formula is C20H38N2O3. The minimum absolute atomic E-state index is 0.319. The zero-order valence-electron chi connectivity index (χ0n) is 16.1. The number of unbranched alkanes of at least 4 members (excludes halogenated alkanes) is 9. The standard InChI is InChI=1S/C20H38N2O3/c1-3-5-17-25-20(24)19(22(4-2)18-23)15-13-11-9-7-6-8-10-12-14-16-21/h4,18-19H,2-3,5-17,21H2,1H3. The minimum atomic E-state index is -0.539. The zero-order valence-corrected chi connectivity index (χ0v) is 16.1. The molecule has 0 spiro atoms. The molecule has 0 fully saturated rings. The first-order chi connectivity index (χ1) is 12.2. The highest BCUT2D eigenvalue weighted by atomic mass is 16.5. The molecule has 0 aliphatic rings. The van der Waals surface area contributed by atoms with Crippen molar-refractivity contribution in [1.82, 2.24) is 4.90 Å². The number of hydrogen-bond donors (Lipinski definition) is 1. The summed E-state index contributed by atoms with van der Waals surface area (Å²) in [5.74, 6) is -0.319. The van der Waals surface area contributed by atoms with Gasteiger partial charge in [0, 0.05) is 6.20 Å². The molecule has 1 amide bonds. The molecule has 146 valence electrons. The highest BCUT2D eigenvalue weighted by molar-refractivity contribution is 5.78. The number of carbonyl (C=O) groups excluding carboxylic acids is 2. The topological polar surface area (TPSA) is 72.6 Å². The molecule has 0 radical (unpaired) electrons. The second kappa shape index (κ2) is 17.5. The summed E-state index contributed by atoms with van der Waals surface area (Å²) in [6.07, 6.45) is 15.1. The molecule has 0 aromatic heterocycles. The van der Waals surface area contributed by atoms with E-state index in [9.17, 15) is 9.59 Å². The van der Waals surface area contributed by atoms with Crippen molar-refractivity contribution in [1.29, 1.82) is 0 Å². The maximum Gasteiger partial charge on any atom is 0.329 e. The highest BCUT2D eigenvalue weighted by Crippen LogP contribution is 2.14. The van der Waals surface area contributed by atoms with Crippen LogP contribution in [-0.4, -0.2) is 36.5 Å². The van der Waals surface area contributed by atoms with Gasteiger partial charge in [-0.3, -0.25) is 4.79 Å². The van der Waals surface area contributed by atoms with Crippen molar-refractivity contribution in [2.75, 3.05) is 13.2 Å². The van der Waals surface area contributed by atoms with Gasteiger partial charge in [-0.05, 0) is 25.8 Å². The molecule has 0 bridgehead atoms. The number of nitrogens with zero attached hydrogens (tertiary/aromatic N) is 1. The van der Waals surface area contributed by atoms with E-state index in [-0.39, 0.29) is 5.97 Å². The van der Waals surface area contributed by atoms with E-state index in [1.54, 1.807) is 0 Å². The van der Waals surface area contributed by atoms with E-state index < -0.39 is 6.04 Å². The third-order valence-corrected chi connectivity index (χ3v) is 4.39. The Morgan fingerprint density at radius 3 is 2.08 bits per heavy atom. The van der Waals surface area contributed by atoms with Gasteiger partial charge in [0.15, 0.2) is 0 Å². The average Bonchev–Trinajstić information content (AvgIpc) is 2.62. The maximum absolute atomic E-state index is 12.2. The van der Waals surface area contributed by atoms with Crippen LogP contribution >= 0.6 is 0 Å². The van der Waals surface area contributed by atoms with Crippen LogP contribution in [0.25, 0.3) is 0 Å². The molecule has 5 heteroatoms. The molecular weight excluding hydrogens is 316 g/mol. The van der Waals surface area contributed by atoms with Crippen molar-refractivity contribution in [3.8, 4) is 0 Å². The lowest BCUT2D eigenvalue weighted by Crippen LogP contribution is -2.38. The lowest BCUT2D eigenvalue weighted by molar-refractivity contribution is -0.151. The van der Waals surface area contributed by atoms with Crippen LogP contribution in [0.1, 0.15) is 84.0 Å². The Morgan fingerprint density at radius 2 is 1.60 bits per heavy atom. The molecule has 25 heavy (non-hydrogen) atoms. The average molecular weight is 355 g/mol. The van der Waals surface area contributed by atoms with Crippen LogP contribution < -0.4 is 5.73 Å².